The molecule has 0 saturated heterocycles. The third-order valence-electron chi connectivity index (χ3n) is 3.09. The van der Waals surface area contributed by atoms with Crippen molar-refractivity contribution < 1.29 is 0 Å². The Morgan fingerprint density at radius 1 is 1.24 bits per heavy atom. The minimum absolute atomic E-state index is 0.885. The maximum Gasteiger partial charge on any atom is 0.108 e. The Morgan fingerprint density at radius 3 is 2.65 bits per heavy atom. The van der Waals surface area contributed by atoms with E-state index in [1.165, 1.54) is 50.7 Å². The smallest absolute Gasteiger partial charge is 0.108 e. The molecule has 0 aromatic carbocycles. The highest BCUT2D eigenvalue weighted by Crippen LogP contribution is 2.34. The SMILES string of the molecule is CCCCCC/N=C1\CCC(S[Si](C)(C)C)C1. The predicted octanol–water partition coefficient (Wildman–Crippen LogP) is 5.13. The second kappa shape index (κ2) is 7.62. The Kier molecular flexibility index (Phi) is 6.86. The summed E-state index contributed by atoms with van der Waals surface area (Å²) in [6.07, 6.45) is 9.29. The maximum atomic E-state index is 4.79. The Hall–Kier alpha value is 0.237. The van der Waals surface area contributed by atoms with Crippen molar-refractivity contribution in [1.29, 1.82) is 0 Å². The molecule has 0 N–H and O–H groups in total. The van der Waals surface area contributed by atoms with Crippen LogP contribution >= 0.6 is 11.2 Å². The van der Waals surface area contributed by atoms with Gasteiger partial charge in [0.15, 0.2) is 0 Å². The van der Waals surface area contributed by atoms with Gasteiger partial charge in [0, 0.05) is 17.5 Å². The van der Waals surface area contributed by atoms with Crippen LogP contribution in [0.15, 0.2) is 4.99 Å². The molecule has 1 aliphatic carbocycles. The molecule has 0 aromatic rings. The summed E-state index contributed by atoms with van der Waals surface area (Å²) >= 11 is 2.27. The van der Waals surface area contributed by atoms with Crippen molar-refractivity contribution in [2.75, 3.05) is 6.54 Å². The van der Waals surface area contributed by atoms with Crippen LogP contribution in [0.1, 0.15) is 51.9 Å². The van der Waals surface area contributed by atoms with E-state index >= 15 is 0 Å². The molecule has 1 nitrogen and oxygen atoms in total. The monoisotopic (exact) mass is 271 g/mol. The van der Waals surface area contributed by atoms with E-state index in [0.29, 0.717) is 0 Å². The first kappa shape index (κ1) is 15.3. The van der Waals surface area contributed by atoms with Gasteiger partial charge in [-0.2, -0.15) is 11.2 Å². The first-order valence-corrected chi connectivity index (χ1v) is 12.3. The van der Waals surface area contributed by atoms with Gasteiger partial charge in [-0.15, -0.1) is 0 Å². The van der Waals surface area contributed by atoms with Gasteiger partial charge in [0.1, 0.15) is 7.22 Å². The highest BCUT2D eigenvalue weighted by Gasteiger charge is 2.26. The Balaban J connectivity index is 2.18. The molecule has 0 aromatic heterocycles. The summed E-state index contributed by atoms with van der Waals surface area (Å²) in [6.45, 7) is 10.7. The minimum atomic E-state index is -0.939. The zero-order chi connectivity index (χ0) is 12.7. The maximum absolute atomic E-state index is 4.79. The quantitative estimate of drug-likeness (QED) is 0.462. The lowest BCUT2D eigenvalue weighted by Gasteiger charge is -2.19. The lowest BCUT2D eigenvalue weighted by molar-refractivity contribution is 0.674. The number of hydrogen-bond acceptors (Lipinski definition) is 2. The van der Waals surface area contributed by atoms with Gasteiger partial charge in [-0.1, -0.05) is 45.8 Å². The highest BCUT2D eigenvalue weighted by molar-refractivity contribution is 8.29. The van der Waals surface area contributed by atoms with Gasteiger partial charge in [-0.25, -0.2) is 0 Å². The molecule has 0 heterocycles. The lowest BCUT2D eigenvalue weighted by Crippen LogP contribution is -2.19. The molecule has 1 saturated carbocycles. The molecule has 1 atom stereocenters. The highest BCUT2D eigenvalue weighted by atomic mass is 32.4. The van der Waals surface area contributed by atoms with Crippen molar-refractivity contribution in [3.8, 4) is 0 Å². The molecular formula is C14H29NSSi. The van der Waals surface area contributed by atoms with Crippen LogP contribution in [0.4, 0.5) is 0 Å². The van der Waals surface area contributed by atoms with Crippen molar-refractivity contribution >= 4 is 24.1 Å². The van der Waals surface area contributed by atoms with Gasteiger partial charge in [-0.05, 0) is 25.7 Å². The molecule has 1 fully saturated rings. The minimum Gasteiger partial charge on any atom is -0.294 e. The van der Waals surface area contributed by atoms with Crippen LogP contribution in [0.25, 0.3) is 0 Å². The predicted molar refractivity (Wildman–Crippen MR) is 85.0 cm³/mol. The topological polar surface area (TPSA) is 12.4 Å². The van der Waals surface area contributed by atoms with E-state index in [1.807, 2.05) is 0 Å². The van der Waals surface area contributed by atoms with Gasteiger partial charge in [0.05, 0.1) is 0 Å². The van der Waals surface area contributed by atoms with E-state index in [-0.39, 0.29) is 0 Å². The molecule has 3 heteroatoms. The van der Waals surface area contributed by atoms with Gasteiger partial charge in [0.25, 0.3) is 0 Å². The molecule has 0 bridgehead atoms. The molecule has 0 amide bonds. The van der Waals surface area contributed by atoms with Crippen LogP contribution in [-0.4, -0.2) is 24.7 Å². The van der Waals surface area contributed by atoms with Gasteiger partial charge in [0.2, 0.25) is 0 Å². The fourth-order valence-corrected chi connectivity index (χ4v) is 7.43. The number of unbranched alkanes of at least 4 members (excludes halogenated alkanes) is 3. The van der Waals surface area contributed by atoms with Crippen LogP contribution in [0.3, 0.4) is 0 Å². The van der Waals surface area contributed by atoms with E-state index in [0.717, 1.165) is 11.8 Å². The standard InChI is InChI=1S/C14H29NSSi/c1-5-6-7-8-11-15-13-9-10-14(12-13)16-17(2,3)4/h14H,5-12H2,1-4H3/b15-13+. The van der Waals surface area contributed by atoms with Gasteiger partial charge >= 0.3 is 0 Å². The van der Waals surface area contributed by atoms with Crippen molar-refractivity contribution in [3.05, 3.63) is 0 Å². The number of nitrogens with zero attached hydrogens (tertiary/aromatic N) is 1. The number of rotatable bonds is 7. The summed E-state index contributed by atoms with van der Waals surface area (Å²) in [5.41, 5.74) is 1.51. The summed E-state index contributed by atoms with van der Waals surface area (Å²) in [7, 11) is -0.939. The largest absolute Gasteiger partial charge is 0.294 e. The molecule has 0 spiro atoms. The van der Waals surface area contributed by atoms with Crippen LogP contribution < -0.4 is 0 Å². The zero-order valence-electron chi connectivity index (χ0n) is 12.1. The molecule has 1 rings (SSSR count). The van der Waals surface area contributed by atoms with Crippen molar-refractivity contribution in [2.24, 2.45) is 4.99 Å². The van der Waals surface area contributed by atoms with E-state index in [4.69, 9.17) is 4.99 Å². The summed E-state index contributed by atoms with van der Waals surface area (Å²) < 4.78 is 0. The van der Waals surface area contributed by atoms with Crippen molar-refractivity contribution in [3.63, 3.8) is 0 Å². The number of hydrogen-bond donors (Lipinski definition) is 0. The van der Waals surface area contributed by atoms with Gasteiger partial charge in [-0.3, -0.25) is 4.99 Å². The number of aliphatic imine (C=N–C) groups is 1. The van der Waals surface area contributed by atoms with Crippen LogP contribution in [-0.2, 0) is 0 Å². The molecule has 17 heavy (non-hydrogen) atoms. The first-order valence-electron chi connectivity index (χ1n) is 7.21. The molecule has 1 unspecified atom stereocenters. The van der Waals surface area contributed by atoms with Gasteiger partial charge < -0.3 is 0 Å². The van der Waals surface area contributed by atoms with Crippen LogP contribution in [0.5, 0.6) is 0 Å². The fourth-order valence-electron chi connectivity index (χ4n) is 2.31. The van der Waals surface area contributed by atoms with Crippen molar-refractivity contribution in [2.45, 2.75) is 76.8 Å². The summed E-state index contributed by atoms with van der Waals surface area (Å²) in [5.74, 6) is 0. The third kappa shape index (κ3) is 7.30. The third-order valence-corrected chi connectivity index (χ3v) is 7.65. The second-order valence-electron chi connectivity index (χ2n) is 6.10. The second-order valence-corrected chi connectivity index (χ2v) is 15.6. The van der Waals surface area contributed by atoms with E-state index < -0.39 is 7.22 Å². The zero-order valence-corrected chi connectivity index (χ0v) is 13.9. The lowest BCUT2D eigenvalue weighted by atomic mass is 10.2. The normalized spacial score (nSPS) is 23.5. The van der Waals surface area contributed by atoms with Crippen LogP contribution in [0.2, 0.25) is 19.6 Å². The molecule has 1 aliphatic rings. The first-order chi connectivity index (χ1) is 8.01. The summed E-state index contributed by atoms with van der Waals surface area (Å²) in [6, 6.07) is 0. The van der Waals surface area contributed by atoms with E-state index in [2.05, 4.69) is 37.8 Å². The van der Waals surface area contributed by atoms with E-state index in [9.17, 15) is 0 Å². The van der Waals surface area contributed by atoms with E-state index in [1.54, 1.807) is 0 Å². The molecule has 100 valence electrons. The summed E-state index contributed by atoms with van der Waals surface area (Å²) in [5, 5.41) is 0.885. The van der Waals surface area contributed by atoms with Crippen molar-refractivity contribution in [1.82, 2.24) is 0 Å². The molecule has 0 radical (unpaired) electrons. The average molecular weight is 272 g/mol. The summed E-state index contributed by atoms with van der Waals surface area (Å²) in [4.78, 5) is 4.79. The molecular weight excluding hydrogens is 242 g/mol. The Bertz CT molecular complexity index is 245. The molecule has 0 aliphatic heterocycles. The Labute approximate surface area is 113 Å². The Morgan fingerprint density at radius 2 is 2.00 bits per heavy atom. The van der Waals surface area contributed by atoms with Crippen LogP contribution in [0, 0.1) is 0 Å². The average Bonchev–Trinajstić information content (AvgIpc) is 2.63. The fraction of sp³-hybridized carbons (Fsp3) is 0.929.